The lowest BCUT2D eigenvalue weighted by Crippen LogP contribution is -2.20. The monoisotopic (exact) mass is 720 g/mol. The topological polar surface area (TPSA) is 35.2 Å². The number of benzene rings is 7. The summed E-state index contributed by atoms with van der Waals surface area (Å²) in [5.41, 5.74) is 10.5. The highest BCUT2D eigenvalue weighted by Gasteiger charge is 2.32. The quantitative estimate of drug-likeness (QED) is 0.182. The molecule has 0 unspecified atom stereocenters. The van der Waals surface area contributed by atoms with Crippen molar-refractivity contribution in [3.05, 3.63) is 162 Å². The number of hydrogen-bond donors (Lipinski definition) is 0. The average Bonchev–Trinajstić information content (AvgIpc) is 3.73. The number of rotatable bonds is 4. The second-order valence-corrected chi connectivity index (χ2v) is 16.1. The molecule has 3 heterocycles. The Kier molecular flexibility index (Phi) is 7.01. The van der Waals surface area contributed by atoms with Crippen LogP contribution in [0.15, 0.2) is 146 Å². The van der Waals surface area contributed by atoms with Gasteiger partial charge in [0.25, 0.3) is 0 Å². The van der Waals surface area contributed by atoms with Crippen LogP contribution in [-0.2, 0) is 5.41 Å². The molecule has 2 aromatic heterocycles. The number of thiophene rings is 1. The van der Waals surface area contributed by atoms with Crippen LogP contribution < -0.4 is 9.80 Å². The molecule has 0 fully saturated rings. The zero-order chi connectivity index (χ0) is 36.0. The van der Waals surface area contributed by atoms with Gasteiger partial charge in [0, 0.05) is 31.9 Å². The minimum atomic E-state index is -0.00841. The Labute approximate surface area is 316 Å². The predicted octanol–water partition coefficient (Wildman–Crippen LogP) is 14.2. The van der Waals surface area contributed by atoms with Gasteiger partial charge in [-0.25, -0.2) is 0 Å². The van der Waals surface area contributed by atoms with Gasteiger partial charge in [-0.15, -0.1) is 11.3 Å². The van der Waals surface area contributed by atoms with E-state index in [-0.39, 0.29) is 5.41 Å². The maximum Gasteiger partial charge on any atom is 0.0993 e. The van der Waals surface area contributed by atoms with E-state index in [4.69, 9.17) is 11.6 Å². The van der Waals surface area contributed by atoms with Crippen LogP contribution in [0.1, 0.15) is 31.9 Å². The Bertz CT molecular complexity index is 2980. The number of para-hydroxylation sites is 4. The fraction of sp³-hybridized carbons (Fsp3) is 0.0851. The molecule has 0 N–H and O–H groups in total. The first kappa shape index (κ1) is 31.7. The van der Waals surface area contributed by atoms with Gasteiger partial charge < -0.3 is 14.4 Å². The summed E-state index contributed by atoms with van der Waals surface area (Å²) in [6.07, 6.45) is 0. The number of nitriles is 1. The van der Waals surface area contributed by atoms with Gasteiger partial charge in [0.2, 0.25) is 0 Å². The van der Waals surface area contributed by atoms with Gasteiger partial charge in [-0.1, -0.05) is 117 Å². The van der Waals surface area contributed by atoms with E-state index in [0.29, 0.717) is 10.6 Å². The fourth-order valence-electron chi connectivity index (χ4n) is 8.07. The minimum absolute atomic E-state index is 0.00841. The third-order valence-electron chi connectivity index (χ3n) is 10.5. The van der Waals surface area contributed by atoms with Crippen molar-refractivity contribution in [2.45, 2.75) is 26.2 Å². The summed E-state index contributed by atoms with van der Waals surface area (Å²) in [6, 6.07) is 53.7. The van der Waals surface area contributed by atoms with E-state index in [2.05, 4.69) is 175 Å². The van der Waals surface area contributed by atoms with Crippen molar-refractivity contribution in [1.82, 2.24) is 4.57 Å². The molecule has 9 aromatic rings. The maximum atomic E-state index is 10.7. The third-order valence-corrected chi connectivity index (χ3v) is 12.1. The highest BCUT2D eigenvalue weighted by atomic mass is 35.5. The van der Waals surface area contributed by atoms with Crippen LogP contribution in [0.25, 0.3) is 47.7 Å². The molecular weight excluding hydrogens is 688 g/mol. The smallest absolute Gasteiger partial charge is 0.0993 e. The molecule has 254 valence electrons. The van der Waals surface area contributed by atoms with Gasteiger partial charge in [-0.05, 0) is 71.6 Å². The summed E-state index contributed by atoms with van der Waals surface area (Å²) < 4.78 is 4.75. The molecule has 4 nitrogen and oxygen atoms in total. The van der Waals surface area contributed by atoms with Crippen LogP contribution in [0.5, 0.6) is 0 Å². The van der Waals surface area contributed by atoms with Crippen LogP contribution in [0, 0.1) is 11.3 Å². The molecule has 0 amide bonds. The van der Waals surface area contributed by atoms with Gasteiger partial charge in [0.1, 0.15) is 0 Å². The molecule has 0 atom stereocenters. The van der Waals surface area contributed by atoms with Crippen molar-refractivity contribution in [1.29, 1.82) is 5.26 Å². The number of aromatic nitrogens is 1. The standard InChI is InChI=1S/C47H33ClN4S/c1-47(2,3)30-22-24-31(25-23-30)50(40-20-11-15-35-33-13-5-9-21-43(33)53-46(35)40)41-26-29(28-49)27-42(44(41)48)51-37-17-7-8-18-38(37)52-36-16-6-4-12-32(36)34-14-10-19-39(51)45(34)52/h4-27H,1-3H3. The van der Waals surface area contributed by atoms with Crippen molar-refractivity contribution in [2.75, 3.05) is 9.80 Å². The second kappa shape index (κ2) is 11.7. The van der Waals surface area contributed by atoms with E-state index >= 15 is 0 Å². The molecule has 0 saturated heterocycles. The molecule has 0 radical (unpaired) electrons. The van der Waals surface area contributed by atoms with Crippen molar-refractivity contribution >= 4 is 99.0 Å². The number of anilines is 6. The lowest BCUT2D eigenvalue weighted by atomic mass is 9.87. The fourth-order valence-corrected chi connectivity index (χ4v) is 9.56. The van der Waals surface area contributed by atoms with E-state index in [1.165, 1.54) is 31.8 Å². The first-order valence-electron chi connectivity index (χ1n) is 17.8. The second-order valence-electron chi connectivity index (χ2n) is 14.7. The first-order valence-corrected chi connectivity index (χ1v) is 19.0. The van der Waals surface area contributed by atoms with Gasteiger partial charge in [-0.2, -0.15) is 5.26 Å². The Morgan fingerprint density at radius 2 is 1.28 bits per heavy atom. The molecule has 53 heavy (non-hydrogen) atoms. The van der Waals surface area contributed by atoms with Gasteiger partial charge in [-0.3, -0.25) is 0 Å². The first-order chi connectivity index (χ1) is 25.8. The Morgan fingerprint density at radius 1 is 0.623 bits per heavy atom. The van der Waals surface area contributed by atoms with Gasteiger partial charge >= 0.3 is 0 Å². The highest BCUT2D eigenvalue weighted by Crippen LogP contribution is 2.54. The summed E-state index contributed by atoms with van der Waals surface area (Å²) in [5.74, 6) is 0. The average molecular weight is 721 g/mol. The molecule has 10 rings (SSSR count). The predicted molar refractivity (Wildman–Crippen MR) is 225 cm³/mol. The Balaban J connectivity index is 1.27. The molecule has 0 spiro atoms. The normalized spacial score (nSPS) is 12.5. The van der Waals surface area contributed by atoms with Crippen LogP contribution in [0.3, 0.4) is 0 Å². The van der Waals surface area contributed by atoms with Crippen LogP contribution in [0.4, 0.5) is 34.1 Å². The van der Waals surface area contributed by atoms with Crippen molar-refractivity contribution < 1.29 is 0 Å². The molecule has 0 aliphatic carbocycles. The van der Waals surface area contributed by atoms with Crippen molar-refractivity contribution in [2.24, 2.45) is 0 Å². The summed E-state index contributed by atoms with van der Waals surface area (Å²) in [5, 5.41) is 16.0. The van der Waals surface area contributed by atoms with Crippen LogP contribution >= 0.6 is 22.9 Å². The van der Waals surface area contributed by atoms with Gasteiger partial charge in [0.15, 0.2) is 0 Å². The maximum absolute atomic E-state index is 10.7. The highest BCUT2D eigenvalue weighted by molar-refractivity contribution is 7.26. The molecule has 1 aliphatic heterocycles. The number of hydrogen-bond acceptors (Lipinski definition) is 4. The lowest BCUT2D eigenvalue weighted by Gasteiger charge is -2.35. The van der Waals surface area contributed by atoms with Crippen molar-refractivity contribution in [3.63, 3.8) is 0 Å². The molecule has 0 saturated carbocycles. The van der Waals surface area contributed by atoms with E-state index < -0.39 is 0 Å². The van der Waals surface area contributed by atoms with E-state index in [1.807, 2.05) is 12.1 Å². The van der Waals surface area contributed by atoms with E-state index in [1.54, 1.807) is 11.3 Å². The zero-order valence-electron chi connectivity index (χ0n) is 29.4. The van der Waals surface area contributed by atoms with E-state index in [0.717, 1.165) is 55.5 Å². The number of fused-ring (bicyclic) bond motifs is 8. The third kappa shape index (κ3) is 4.73. The summed E-state index contributed by atoms with van der Waals surface area (Å²) in [4.78, 5) is 4.48. The zero-order valence-corrected chi connectivity index (χ0v) is 31.0. The summed E-state index contributed by atoms with van der Waals surface area (Å²) >= 11 is 9.59. The molecule has 6 heteroatoms. The summed E-state index contributed by atoms with van der Waals surface area (Å²) in [7, 11) is 0. The molecule has 1 aliphatic rings. The largest absolute Gasteiger partial charge is 0.307 e. The van der Waals surface area contributed by atoms with E-state index in [9.17, 15) is 5.26 Å². The van der Waals surface area contributed by atoms with Gasteiger partial charge in [0.05, 0.1) is 66.5 Å². The van der Waals surface area contributed by atoms with Crippen LogP contribution in [-0.4, -0.2) is 4.57 Å². The Morgan fingerprint density at radius 3 is 2.08 bits per heavy atom. The number of nitrogens with zero attached hydrogens (tertiary/aromatic N) is 4. The van der Waals surface area contributed by atoms with Crippen molar-refractivity contribution in [3.8, 4) is 11.8 Å². The molecule has 0 bridgehead atoms. The Hall–Kier alpha value is -6.06. The molecule has 7 aromatic carbocycles. The lowest BCUT2D eigenvalue weighted by molar-refractivity contribution is 0.590. The summed E-state index contributed by atoms with van der Waals surface area (Å²) in [6.45, 7) is 6.69. The number of halogens is 1. The van der Waals surface area contributed by atoms with Crippen LogP contribution in [0.2, 0.25) is 5.02 Å². The molecular formula is C47H33ClN4S. The SMILES string of the molecule is CC(C)(C)c1ccc(N(c2cc(C#N)cc(N3c4ccccc4-n4c5ccccc5c5cccc3c54)c2Cl)c2cccc3c2sc2ccccc23)cc1. The minimum Gasteiger partial charge on any atom is -0.307 e.